The van der Waals surface area contributed by atoms with Gasteiger partial charge in [-0.2, -0.15) is 0 Å². The molecule has 0 aromatic heterocycles. The number of hydrogen-bond acceptors (Lipinski definition) is 1. The summed E-state index contributed by atoms with van der Waals surface area (Å²) in [5.41, 5.74) is 0.889. The van der Waals surface area contributed by atoms with Crippen molar-refractivity contribution in [3.8, 4) is 0 Å². The zero-order valence-electron chi connectivity index (χ0n) is 7.76. The summed E-state index contributed by atoms with van der Waals surface area (Å²) in [5.74, 6) is 0.126. The first kappa shape index (κ1) is 9.66. The molecule has 0 N–H and O–H groups in total. The molecule has 0 amide bonds. The molecule has 0 bridgehead atoms. The minimum absolute atomic E-state index is 0.0259. The summed E-state index contributed by atoms with van der Waals surface area (Å²) in [4.78, 5) is 11.1. The highest BCUT2D eigenvalue weighted by Crippen LogP contribution is 2.41. The van der Waals surface area contributed by atoms with Crippen molar-refractivity contribution in [1.29, 1.82) is 0 Å². The SMILES string of the molecule is CC1C(=O)CC1c1ccc(F)cc1Cl. The second-order valence-corrected chi connectivity index (χ2v) is 4.14. The Morgan fingerprint density at radius 2 is 2.21 bits per heavy atom. The fourth-order valence-electron chi connectivity index (χ4n) is 1.82. The third-order valence-corrected chi connectivity index (χ3v) is 3.22. The van der Waals surface area contributed by atoms with Crippen LogP contribution in [0.1, 0.15) is 24.8 Å². The smallest absolute Gasteiger partial charge is 0.136 e. The lowest BCUT2D eigenvalue weighted by molar-refractivity contribution is -0.130. The second kappa shape index (κ2) is 3.35. The van der Waals surface area contributed by atoms with Gasteiger partial charge in [0.2, 0.25) is 0 Å². The number of hydrogen-bond donors (Lipinski definition) is 0. The molecule has 0 radical (unpaired) electrons. The molecule has 2 atom stereocenters. The second-order valence-electron chi connectivity index (χ2n) is 3.73. The molecule has 1 aromatic carbocycles. The predicted octanol–water partition coefficient (Wildman–Crippen LogP) is 3.17. The molecule has 1 aliphatic carbocycles. The standard InChI is InChI=1S/C11H10ClFO/c1-6-9(5-11(6)14)8-3-2-7(13)4-10(8)12/h2-4,6,9H,5H2,1H3. The number of Topliss-reactive ketones (excluding diaryl/α,β-unsaturated/α-hetero) is 1. The van der Waals surface area contributed by atoms with E-state index < -0.39 is 0 Å². The highest BCUT2D eigenvalue weighted by Gasteiger charge is 2.37. The third-order valence-electron chi connectivity index (χ3n) is 2.89. The molecular weight excluding hydrogens is 203 g/mol. The Morgan fingerprint density at radius 3 is 2.71 bits per heavy atom. The molecule has 0 heterocycles. The van der Waals surface area contributed by atoms with Gasteiger partial charge in [-0.15, -0.1) is 0 Å². The molecule has 74 valence electrons. The summed E-state index contributed by atoms with van der Waals surface area (Å²) in [6.07, 6.45) is 0.534. The lowest BCUT2D eigenvalue weighted by Gasteiger charge is -2.33. The van der Waals surface area contributed by atoms with Crippen molar-refractivity contribution in [2.75, 3.05) is 0 Å². The largest absolute Gasteiger partial charge is 0.299 e. The van der Waals surface area contributed by atoms with Gasteiger partial charge in [-0.05, 0) is 17.7 Å². The minimum Gasteiger partial charge on any atom is -0.299 e. The maximum absolute atomic E-state index is 12.8. The Kier molecular flexibility index (Phi) is 2.31. The van der Waals surface area contributed by atoms with Gasteiger partial charge in [0.25, 0.3) is 0 Å². The number of benzene rings is 1. The van der Waals surface area contributed by atoms with Crippen molar-refractivity contribution in [2.45, 2.75) is 19.3 Å². The van der Waals surface area contributed by atoms with E-state index in [1.54, 1.807) is 6.07 Å². The Bertz CT molecular complexity index is 389. The van der Waals surface area contributed by atoms with Crippen molar-refractivity contribution in [3.05, 3.63) is 34.6 Å². The van der Waals surface area contributed by atoms with E-state index in [2.05, 4.69) is 0 Å². The molecule has 14 heavy (non-hydrogen) atoms. The van der Waals surface area contributed by atoms with Gasteiger partial charge in [-0.25, -0.2) is 4.39 Å². The third kappa shape index (κ3) is 1.44. The van der Waals surface area contributed by atoms with Crippen molar-refractivity contribution >= 4 is 17.4 Å². The first-order chi connectivity index (χ1) is 6.59. The van der Waals surface area contributed by atoms with Crippen LogP contribution in [0.2, 0.25) is 5.02 Å². The lowest BCUT2D eigenvalue weighted by atomic mass is 9.70. The number of carbonyl (C=O) groups excluding carboxylic acids is 1. The van der Waals surface area contributed by atoms with Crippen LogP contribution in [0.15, 0.2) is 18.2 Å². The molecular formula is C11H10ClFO. The Labute approximate surface area is 86.9 Å². The summed E-state index contributed by atoms with van der Waals surface area (Å²) < 4.78 is 12.8. The number of rotatable bonds is 1. The van der Waals surface area contributed by atoms with Gasteiger partial charge in [0.15, 0.2) is 0 Å². The van der Waals surface area contributed by atoms with Crippen molar-refractivity contribution in [2.24, 2.45) is 5.92 Å². The van der Waals surface area contributed by atoms with Crippen LogP contribution in [-0.4, -0.2) is 5.78 Å². The highest BCUT2D eigenvalue weighted by atomic mass is 35.5. The first-order valence-corrected chi connectivity index (χ1v) is 4.95. The van der Waals surface area contributed by atoms with Crippen molar-refractivity contribution in [1.82, 2.24) is 0 Å². The van der Waals surface area contributed by atoms with E-state index in [1.807, 2.05) is 6.92 Å². The van der Waals surface area contributed by atoms with Gasteiger partial charge in [-0.1, -0.05) is 24.6 Å². The van der Waals surface area contributed by atoms with Gasteiger partial charge >= 0.3 is 0 Å². The van der Waals surface area contributed by atoms with Crippen LogP contribution in [-0.2, 0) is 4.79 Å². The fourth-order valence-corrected chi connectivity index (χ4v) is 2.13. The van der Waals surface area contributed by atoms with Crippen molar-refractivity contribution in [3.63, 3.8) is 0 Å². The zero-order valence-corrected chi connectivity index (χ0v) is 8.51. The van der Waals surface area contributed by atoms with Gasteiger partial charge < -0.3 is 0 Å². The van der Waals surface area contributed by atoms with Crippen molar-refractivity contribution < 1.29 is 9.18 Å². The zero-order chi connectivity index (χ0) is 10.3. The average Bonchev–Trinajstić information content (AvgIpc) is 2.15. The maximum atomic E-state index is 12.8. The molecule has 1 fully saturated rings. The molecule has 3 heteroatoms. The fraction of sp³-hybridized carbons (Fsp3) is 0.364. The Morgan fingerprint density at radius 1 is 1.50 bits per heavy atom. The van der Waals surface area contributed by atoms with E-state index in [4.69, 9.17) is 11.6 Å². The van der Waals surface area contributed by atoms with Gasteiger partial charge in [-0.3, -0.25) is 4.79 Å². The summed E-state index contributed by atoms with van der Waals surface area (Å²) in [7, 11) is 0. The Balaban J connectivity index is 2.30. The number of ketones is 1. The lowest BCUT2D eigenvalue weighted by Crippen LogP contribution is -2.32. The molecule has 2 unspecified atom stereocenters. The van der Waals surface area contributed by atoms with Crippen LogP contribution in [0.3, 0.4) is 0 Å². The molecule has 2 rings (SSSR count). The summed E-state index contributed by atoms with van der Waals surface area (Å²) in [6.45, 7) is 1.89. The van der Waals surface area contributed by atoms with Gasteiger partial charge in [0.1, 0.15) is 11.6 Å². The van der Waals surface area contributed by atoms with E-state index >= 15 is 0 Å². The topological polar surface area (TPSA) is 17.1 Å². The molecule has 0 aliphatic heterocycles. The minimum atomic E-state index is -0.336. The summed E-state index contributed by atoms with van der Waals surface area (Å²) >= 11 is 5.90. The van der Waals surface area contributed by atoms with E-state index in [-0.39, 0.29) is 23.4 Å². The molecule has 1 saturated carbocycles. The van der Waals surface area contributed by atoms with E-state index in [9.17, 15) is 9.18 Å². The number of halogens is 2. The van der Waals surface area contributed by atoms with E-state index in [1.165, 1.54) is 12.1 Å². The van der Waals surface area contributed by atoms with Crippen LogP contribution >= 0.6 is 11.6 Å². The van der Waals surface area contributed by atoms with Crippen LogP contribution in [0.25, 0.3) is 0 Å². The van der Waals surface area contributed by atoms with Crippen LogP contribution in [0.4, 0.5) is 4.39 Å². The monoisotopic (exact) mass is 212 g/mol. The van der Waals surface area contributed by atoms with Crippen LogP contribution < -0.4 is 0 Å². The van der Waals surface area contributed by atoms with Gasteiger partial charge in [0, 0.05) is 23.3 Å². The van der Waals surface area contributed by atoms with Crippen LogP contribution in [0, 0.1) is 11.7 Å². The molecule has 0 spiro atoms. The van der Waals surface area contributed by atoms with E-state index in [0.717, 1.165) is 5.56 Å². The average molecular weight is 213 g/mol. The molecule has 0 saturated heterocycles. The maximum Gasteiger partial charge on any atom is 0.136 e. The predicted molar refractivity (Wildman–Crippen MR) is 52.9 cm³/mol. The molecule has 1 aliphatic rings. The summed E-state index contributed by atoms with van der Waals surface area (Å²) in [6, 6.07) is 4.36. The molecule has 1 nitrogen and oxygen atoms in total. The first-order valence-electron chi connectivity index (χ1n) is 4.57. The number of carbonyl (C=O) groups is 1. The Hall–Kier alpha value is -0.890. The van der Waals surface area contributed by atoms with Crippen LogP contribution in [0.5, 0.6) is 0 Å². The summed E-state index contributed by atoms with van der Waals surface area (Å²) in [5, 5.41) is 0.425. The normalized spacial score (nSPS) is 26.1. The van der Waals surface area contributed by atoms with Gasteiger partial charge in [0.05, 0.1) is 0 Å². The quantitative estimate of drug-likeness (QED) is 0.699. The van der Waals surface area contributed by atoms with E-state index in [0.29, 0.717) is 11.4 Å². The molecule has 1 aromatic rings. The highest BCUT2D eigenvalue weighted by molar-refractivity contribution is 6.31.